The summed E-state index contributed by atoms with van der Waals surface area (Å²) >= 11 is 0. The number of aromatic nitrogens is 1. The van der Waals surface area contributed by atoms with Crippen molar-refractivity contribution >= 4 is 5.88 Å². The zero-order valence-corrected chi connectivity index (χ0v) is 13.8. The summed E-state index contributed by atoms with van der Waals surface area (Å²) in [4.78, 5) is 6.25. The summed E-state index contributed by atoms with van der Waals surface area (Å²) in [5, 5.41) is 12.2. The lowest BCUT2D eigenvalue weighted by Gasteiger charge is -2.09. The van der Waals surface area contributed by atoms with E-state index in [1.54, 1.807) is 0 Å². The zero-order chi connectivity index (χ0) is 16.7. The van der Waals surface area contributed by atoms with Crippen molar-refractivity contribution in [3.63, 3.8) is 0 Å². The molecule has 1 N–H and O–H groups in total. The van der Waals surface area contributed by atoms with Crippen molar-refractivity contribution in [2.24, 2.45) is 0 Å². The number of benzene rings is 1. The summed E-state index contributed by atoms with van der Waals surface area (Å²) in [7, 11) is 4.05. The fourth-order valence-corrected chi connectivity index (χ4v) is 2.00. The van der Waals surface area contributed by atoms with Crippen molar-refractivity contribution in [3.8, 4) is 11.8 Å². The number of nitrogens with zero attached hydrogens (tertiary/aromatic N) is 3. The largest absolute Gasteiger partial charge is 0.484 e. The number of rotatable bonds is 8. The molecule has 2 rings (SSSR count). The zero-order valence-electron chi connectivity index (χ0n) is 13.8. The normalized spacial score (nSPS) is 10.6. The third kappa shape index (κ3) is 5.31. The predicted octanol–water partition coefficient (Wildman–Crippen LogP) is 2.80. The highest BCUT2D eigenvalue weighted by Crippen LogP contribution is 2.19. The molecular formula is C17H22N4O2. The third-order valence-electron chi connectivity index (χ3n) is 3.23. The number of oxazole rings is 1. The Morgan fingerprint density at radius 1 is 1.30 bits per heavy atom. The van der Waals surface area contributed by atoms with Crippen LogP contribution in [0.3, 0.4) is 0 Å². The molecule has 0 saturated heterocycles. The van der Waals surface area contributed by atoms with Gasteiger partial charge in [0, 0.05) is 6.54 Å². The smallest absolute Gasteiger partial charge is 0.236 e. The Labute approximate surface area is 136 Å². The molecule has 1 aromatic heterocycles. The maximum atomic E-state index is 9.13. The molecule has 0 amide bonds. The Kier molecular flexibility index (Phi) is 6.01. The first-order valence-corrected chi connectivity index (χ1v) is 7.56. The summed E-state index contributed by atoms with van der Waals surface area (Å²) in [5.41, 5.74) is 1.43. The van der Waals surface area contributed by atoms with Gasteiger partial charge < -0.3 is 19.4 Å². The van der Waals surface area contributed by atoms with Crippen LogP contribution < -0.4 is 10.1 Å². The summed E-state index contributed by atoms with van der Waals surface area (Å²) < 4.78 is 11.2. The van der Waals surface area contributed by atoms with Gasteiger partial charge in [-0.2, -0.15) is 10.2 Å². The number of ether oxygens (including phenoxy) is 1. The number of hydrogen-bond donors (Lipinski definition) is 1. The van der Waals surface area contributed by atoms with Crippen LogP contribution in [0.25, 0.3) is 0 Å². The SMILES string of the molecule is Cc1ccc(OCc2nc(C#N)c(NCCCN(C)C)o2)cc1. The number of nitriles is 1. The molecule has 23 heavy (non-hydrogen) atoms. The van der Waals surface area contributed by atoms with Crippen molar-refractivity contribution in [3.05, 3.63) is 41.4 Å². The quantitative estimate of drug-likeness (QED) is 0.755. The average molecular weight is 314 g/mol. The minimum atomic E-state index is 0.192. The molecule has 0 radical (unpaired) electrons. The highest BCUT2D eigenvalue weighted by molar-refractivity contribution is 5.45. The van der Waals surface area contributed by atoms with E-state index in [1.807, 2.05) is 51.4 Å². The monoisotopic (exact) mass is 314 g/mol. The van der Waals surface area contributed by atoms with Crippen LogP contribution in [0.2, 0.25) is 0 Å². The Bertz CT molecular complexity index is 656. The van der Waals surface area contributed by atoms with Crippen LogP contribution in [0.15, 0.2) is 28.7 Å². The van der Waals surface area contributed by atoms with E-state index in [0.717, 1.165) is 25.3 Å². The summed E-state index contributed by atoms with van der Waals surface area (Å²) in [6, 6.07) is 9.77. The van der Waals surface area contributed by atoms with Crippen LogP contribution in [0.5, 0.6) is 5.75 Å². The Morgan fingerprint density at radius 2 is 2.04 bits per heavy atom. The van der Waals surface area contributed by atoms with Gasteiger partial charge in [0.15, 0.2) is 6.61 Å². The van der Waals surface area contributed by atoms with E-state index in [9.17, 15) is 0 Å². The fraction of sp³-hybridized carbons (Fsp3) is 0.412. The molecule has 0 aliphatic rings. The van der Waals surface area contributed by atoms with Crippen molar-refractivity contribution in [2.75, 3.05) is 32.5 Å². The molecule has 0 fully saturated rings. The first-order valence-electron chi connectivity index (χ1n) is 7.56. The lowest BCUT2D eigenvalue weighted by Crippen LogP contribution is -2.16. The Morgan fingerprint density at radius 3 is 2.70 bits per heavy atom. The molecule has 6 nitrogen and oxygen atoms in total. The van der Waals surface area contributed by atoms with E-state index < -0.39 is 0 Å². The van der Waals surface area contributed by atoms with Crippen molar-refractivity contribution < 1.29 is 9.15 Å². The molecule has 0 bridgehead atoms. The molecule has 0 unspecified atom stereocenters. The van der Waals surface area contributed by atoms with Crippen LogP contribution in [0.1, 0.15) is 23.6 Å². The molecule has 122 valence electrons. The van der Waals surface area contributed by atoms with Crippen LogP contribution in [0.4, 0.5) is 5.88 Å². The predicted molar refractivity (Wildman–Crippen MR) is 88.4 cm³/mol. The van der Waals surface area contributed by atoms with Crippen LogP contribution in [-0.4, -0.2) is 37.1 Å². The fourth-order valence-electron chi connectivity index (χ4n) is 2.00. The standard InChI is InChI=1S/C17H22N4O2/c1-13-5-7-14(8-6-13)22-12-16-20-15(11-18)17(23-16)19-9-4-10-21(2)3/h5-8,19H,4,9-10,12H2,1-3H3. The van der Waals surface area contributed by atoms with E-state index in [1.165, 1.54) is 5.56 Å². The van der Waals surface area contributed by atoms with Gasteiger partial charge in [-0.15, -0.1) is 0 Å². The van der Waals surface area contributed by atoms with E-state index in [2.05, 4.69) is 15.2 Å². The topological polar surface area (TPSA) is 74.3 Å². The molecule has 2 aromatic rings. The van der Waals surface area contributed by atoms with Gasteiger partial charge in [0.2, 0.25) is 17.5 Å². The average Bonchev–Trinajstić information content (AvgIpc) is 2.93. The van der Waals surface area contributed by atoms with Crippen LogP contribution in [0, 0.1) is 18.3 Å². The Hall–Kier alpha value is -2.52. The number of anilines is 1. The molecule has 0 aliphatic carbocycles. The van der Waals surface area contributed by atoms with Crippen molar-refractivity contribution in [1.82, 2.24) is 9.88 Å². The van der Waals surface area contributed by atoms with Gasteiger partial charge in [-0.1, -0.05) is 17.7 Å². The second-order valence-electron chi connectivity index (χ2n) is 5.58. The van der Waals surface area contributed by atoms with Gasteiger partial charge in [-0.3, -0.25) is 0 Å². The van der Waals surface area contributed by atoms with Gasteiger partial charge in [-0.25, -0.2) is 0 Å². The molecule has 1 aromatic carbocycles. The summed E-state index contributed by atoms with van der Waals surface area (Å²) in [6.07, 6.45) is 0.952. The Balaban J connectivity index is 1.90. The maximum Gasteiger partial charge on any atom is 0.236 e. The number of aryl methyl sites for hydroxylation is 1. The molecule has 6 heteroatoms. The maximum absolute atomic E-state index is 9.13. The van der Waals surface area contributed by atoms with E-state index in [0.29, 0.717) is 11.8 Å². The highest BCUT2D eigenvalue weighted by Gasteiger charge is 2.13. The molecule has 0 saturated carbocycles. The molecule has 1 heterocycles. The lowest BCUT2D eigenvalue weighted by atomic mass is 10.2. The molecule has 0 atom stereocenters. The van der Waals surface area contributed by atoms with E-state index in [4.69, 9.17) is 14.4 Å². The number of nitrogens with one attached hydrogen (secondary N) is 1. The van der Waals surface area contributed by atoms with Gasteiger partial charge in [0.05, 0.1) is 0 Å². The minimum absolute atomic E-state index is 0.192. The molecule has 0 spiro atoms. The van der Waals surface area contributed by atoms with E-state index in [-0.39, 0.29) is 12.3 Å². The molecule has 0 aliphatic heterocycles. The first-order chi connectivity index (χ1) is 11.1. The van der Waals surface area contributed by atoms with Gasteiger partial charge in [-0.05, 0) is 46.1 Å². The van der Waals surface area contributed by atoms with E-state index >= 15 is 0 Å². The minimum Gasteiger partial charge on any atom is -0.484 e. The second kappa shape index (κ2) is 8.20. The van der Waals surface area contributed by atoms with Crippen LogP contribution in [-0.2, 0) is 6.61 Å². The summed E-state index contributed by atoms with van der Waals surface area (Å²) in [5.74, 6) is 1.54. The van der Waals surface area contributed by atoms with Gasteiger partial charge in [0.1, 0.15) is 11.8 Å². The highest BCUT2D eigenvalue weighted by atomic mass is 16.5. The van der Waals surface area contributed by atoms with Crippen molar-refractivity contribution in [1.29, 1.82) is 5.26 Å². The second-order valence-corrected chi connectivity index (χ2v) is 5.58. The number of hydrogen-bond acceptors (Lipinski definition) is 6. The van der Waals surface area contributed by atoms with Crippen molar-refractivity contribution in [2.45, 2.75) is 20.0 Å². The first kappa shape index (κ1) is 16.8. The summed E-state index contributed by atoms with van der Waals surface area (Å²) in [6.45, 7) is 3.90. The lowest BCUT2D eigenvalue weighted by molar-refractivity contribution is 0.264. The third-order valence-corrected chi connectivity index (χ3v) is 3.23. The van der Waals surface area contributed by atoms with Crippen LogP contribution >= 0.6 is 0 Å². The van der Waals surface area contributed by atoms with Gasteiger partial charge >= 0.3 is 0 Å². The van der Waals surface area contributed by atoms with Gasteiger partial charge in [0.25, 0.3) is 0 Å². The molecular weight excluding hydrogens is 292 g/mol.